The lowest BCUT2D eigenvalue weighted by Crippen LogP contribution is -2.46. The van der Waals surface area contributed by atoms with E-state index in [0.29, 0.717) is 38.9 Å². The van der Waals surface area contributed by atoms with Crippen LogP contribution in [0.3, 0.4) is 0 Å². The van der Waals surface area contributed by atoms with Crippen LogP contribution in [0.2, 0.25) is 0 Å². The second-order valence-electron chi connectivity index (χ2n) is 6.58. The molecule has 0 aromatic heterocycles. The normalized spacial score (nSPS) is 16.2. The molecule has 1 fully saturated rings. The first-order valence-corrected chi connectivity index (χ1v) is 8.72. The summed E-state index contributed by atoms with van der Waals surface area (Å²) in [5, 5.41) is 9.16. The van der Waals surface area contributed by atoms with E-state index >= 15 is 0 Å². The van der Waals surface area contributed by atoms with Gasteiger partial charge in [-0.05, 0) is 36.8 Å². The van der Waals surface area contributed by atoms with Crippen molar-refractivity contribution in [3.05, 3.63) is 29.8 Å². The van der Waals surface area contributed by atoms with Gasteiger partial charge in [-0.2, -0.15) is 0 Å². The Morgan fingerprint density at radius 1 is 1.32 bits per heavy atom. The van der Waals surface area contributed by atoms with Crippen molar-refractivity contribution in [3.8, 4) is 5.75 Å². The molecule has 138 valence electrons. The van der Waals surface area contributed by atoms with Crippen LogP contribution in [0.25, 0.3) is 0 Å². The number of carbonyl (C=O) groups is 2. The highest BCUT2D eigenvalue weighted by Crippen LogP contribution is 2.23. The Bertz CT molecular complexity index is 583. The number of ether oxygens (including phenoxy) is 2. The summed E-state index contributed by atoms with van der Waals surface area (Å²) in [7, 11) is 1.63. The minimum atomic E-state index is -0.975. The maximum Gasteiger partial charge on any atom is 0.323 e. The number of para-hydroxylation sites is 1. The van der Waals surface area contributed by atoms with Crippen LogP contribution in [0.1, 0.15) is 31.7 Å². The van der Waals surface area contributed by atoms with Crippen LogP contribution in [0, 0.1) is 5.92 Å². The van der Waals surface area contributed by atoms with Crippen molar-refractivity contribution in [1.29, 1.82) is 0 Å². The number of methoxy groups -OCH3 is 1. The fourth-order valence-corrected chi connectivity index (χ4v) is 3.30. The van der Waals surface area contributed by atoms with Gasteiger partial charge in [0.25, 0.3) is 0 Å². The molecule has 0 bridgehead atoms. The third kappa shape index (κ3) is 5.74. The van der Waals surface area contributed by atoms with E-state index in [9.17, 15) is 9.59 Å². The fraction of sp³-hybridized carbons (Fsp3) is 0.579. The van der Waals surface area contributed by atoms with E-state index in [0.717, 1.165) is 11.3 Å². The van der Waals surface area contributed by atoms with E-state index in [1.807, 2.05) is 31.2 Å². The summed E-state index contributed by atoms with van der Waals surface area (Å²) in [6.45, 7) is 2.91. The van der Waals surface area contributed by atoms with E-state index in [2.05, 4.69) is 0 Å². The van der Waals surface area contributed by atoms with Crippen molar-refractivity contribution in [3.63, 3.8) is 0 Å². The third-order valence-electron chi connectivity index (χ3n) is 4.54. The Hall–Kier alpha value is -2.08. The van der Waals surface area contributed by atoms with E-state index < -0.39 is 5.97 Å². The summed E-state index contributed by atoms with van der Waals surface area (Å²) in [5.74, 6) is -0.164. The van der Waals surface area contributed by atoms with Gasteiger partial charge in [0.05, 0.1) is 7.11 Å². The zero-order chi connectivity index (χ0) is 18.2. The molecule has 1 saturated heterocycles. The largest absolute Gasteiger partial charge is 0.496 e. The Balaban J connectivity index is 1.99. The molecule has 0 aliphatic carbocycles. The van der Waals surface area contributed by atoms with Gasteiger partial charge in [0.15, 0.2) is 0 Å². The van der Waals surface area contributed by atoms with E-state index in [1.165, 1.54) is 4.90 Å². The molecule has 1 heterocycles. The molecule has 0 unspecified atom stereocenters. The van der Waals surface area contributed by atoms with Crippen LogP contribution in [0.4, 0.5) is 0 Å². The SMILES string of the molecule is COc1ccccc1C[C@@H](C)CC(=O)N(CC(=O)O)C1CCOCC1. The number of carboxylic acid groups (broad SMARTS) is 1. The number of nitrogens with zero attached hydrogens (tertiary/aromatic N) is 1. The molecule has 25 heavy (non-hydrogen) atoms. The zero-order valence-corrected chi connectivity index (χ0v) is 14.9. The van der Waals surface area contributed by atoms with Gasteiger partial charge in [0.1, 0.15) is 12.3 Å². The van der Waals surface area contributed by atoms with Gasteiger partial charge in [0.2, 0.25) is 5.91 Å². The minimum absolute atomic E-state index is 0.0455. The highest BCUT2D eigenvalue weighted by atomic mass is 16.5. The summed E-state index contributed by atoms with van der Waals surface area (Å²) in [6, 6.07) is 7.72. The average molecular weight is 349 g/mol. The standard InChI is InChI=1S/C19H27NO5/c1-14(11-15-5-3-4-6-17(15)24-2)12-18(21)20(13-19(22)23)16-7-9-25-10-8-16/h3-6,14,16H,7-13H2,1-2H3,(H,22,23)/t14-/m1/s1. The summed E-state index contributed by atoms with van der Waals surface area (Å²) < 4.78 is 10.7. The maximum absolute atomic E-state index is 12.7. The third-order valence-corrected chi connectivity index (χ3v) is 4.54. The quantitative estimate of drug-likeness (QED) is 0.780. The molecule has 0 saturated carbocycles. The van der Waals surface area contributed by atoms with Gasteiger partial charge in [-0.3, -0.25) is 9.59 Å². The van der Waals surface area contributed by atoms with Crippen molar-refractivity contribution in [1.82, 2.24) is 4.90 Å². The van der Waals surface area contributed by atoms with Crippen LogP contribution in [-0.4, -0.2) is 54.8 Å². The summed E-state index contributed by atoms with van der Waals surface area (Å²) in [5.41, 5.74) is 1.06. The molecule has 1 N–H and O–H groups in total. The first kappa shape index (κ1) is 19.2. The number of carboxylic acids is 1. The molecule has 1 aliphatic rings. The molecule has 6 nitrogen and oxygen atoms in total. The van der Waals surface area contributed by atoms with Gasteiger partial charge < -0.3 is 19.5 Å². The van der Waals surface area contributed by atoms with Crippen molar-refractivity contribution in [2.45, 2.75) is 38.6 Å². The molecular formula is C19H27NO5. The Kier molecular flexibility index (Phi) is 7.25. The fourth-order valence-electron chi connectivity index (χ4n) is 3.30. The van der Waals surface area contributed by atoms with E-state index in [-0.39, 0.29) is 24.4 Å². The Morgan fingerprint density at radius 2 is 2.00 bits per heavy atom. The molecule has 2 rings (SSSR count). The molecule has 0 spiro atoms. The van der Waals surface area contributed by atoms with E-state index in [4.69, 9.17) is 14.6 Å². The average Bonchev–Trinajstić information content (AvgIpc) is 2.60. The first-order valence-electron chi connectivity index (χ1n) is 8.72. The van der Waals surface area contributed by atoms with Crippen molar-refractivity contribution < 1.29 is 24.2 Å². The maximum atomic E-state index is 12.7. The number of aliphatic carboxylic acids is 1. The predicted molar refractivity (Wildman–Crippen MR) is 93.7 cm³/mol. The van der Waals surface area contributed by atoms with Crippen LogP contribution >= 0.6 is 0 Å². The second kappa shape index (κ2) is 9.42. The van der Waals surface area contributed by atoms with Crippen molar-refractivity contribution in [2.24, 2.45) is 5.92 Å². The highest BCUT2D eigenvalue weighted by molar-refractivity contribution is 5.81. The van der Waals surface area contributed by atoms with Gasteiger partial charge in [-0.1, -0.05) is 25.1 Å². The summed E-state index contributed by atoms with van der Waals surface area (Å²) in [6.07, 6.45) is 2.42. The Morgan fingerprint density at radius 3 is 2.64 bits per heavy atom. The summed E-state index contributed by atoms with van der Waals surface area (Å²) >= 11 is 0. The number of hydrogen-bond acceptors (Lipinski definition) is 4. The lowest BCUT2D eigenvalue weighted by molar-refractivity contribution is -0.148. The summed E-state index contributed by atoms with van der Waals surface area (Å²) in [4.78, 5) is 25.4. The van der Waals surface area contributed by atoms with Gasteiger partial charge in [-0.25, -0.2) is 0 Å². The number of rotatable bonds is 8. The van der Waals surface area contributed by atoms with Crippen LogP contribution < -0.4 is 4.74 Å². The number of carbonyl (C=O) groups excluding carboxylic acids is 1. The molecule has 1 atom stereocenters. The second-order valence-corrected chi connectivity index (χ2v) is 6.58. The molecule has 1 aromatic carbocycles. The van der Waals surface area contributed by atoms with Crippen molar-refractivity contribution in [2.75, 3.05) is 26.9 Å². The zero-order valence-electron chi connectivity index (χ0n) is 14.9. The van der Waals surface area contributed by atoms with Crippen LogP contribution in [0.5, 0.6) is 5.75 Å². The van der Waals surface area contributed by atoms with Crippen molar-refractivity contribution >= 4 is 11.9 Å². The predicted octanol–water partition coefficient (Wildman–Crippen LogP) is 2.36. The number of amides is 1. The molecule has 1 amide bonds. The molecule has 1 aromatic rings. The highest BCUT2D eigenvalue weighted by Gasteiger charge is 2.28. The number of hydrogen-bond donors (Lipinski definition) is 1. The lowest BCUT2D eigenvalue weighted by atomic mass is 9.96. The van der Waals surface area contributed by atoms with Crippen LogP contribution in [-0.2, 0) is 20.7 Å². The lowest BCUT2D eigenvalue weighted by Gasteiger charge is -2.34. The topological polar surface area (TPSA) is 76.1 Å². The number of benzene rings is 1. The monoisotopic (exact) mass is 349 g/mol. The van der Waals surface area contributed by atoms with E-state index in [1.54, 1.807) is 7.11 Å². The smallest absolute Gasteiger partial charge is 0.323 e. The van der Waals surface area contributed by atoms with Gasteiger partial charge >= 0.3 is 5.97 Å². The first-order chi connectivity index (χ1) is 12.0. The van der Waals surface area contributed by atoms with Gasteiger partial charge in [0, 0.05) is 25.7 Å². The molecule has 0 radical (unpaired) electrons. The molecule has 6 heteroatoms. The minimum Gasteiger partial charge on any atom is -0.496 e. The van der Waals surface area contributed by atoms with Gasteiger partial charge in [-0.15, -0.1) is 0 Å². The molecule has 1 aliphatic heterocycles. The van der Waals surface area contributed by atoms with Crippen LogP contribution in [0.15, 0.2) is 24.3 Å². The Labute approximate surface area is 148 Å². The molecular weight excluding hydrogens is 322 g/mol.